The van der Waals surface area contributed by atoms with Gasteiger partial charge in [0.15, 0.2) is 0 Å². The maximum atomic E-state index is 12.6. The number of fused-ring (bicyclic) bond motifs is 1. The molecule has 1 aliphatic heterocycles. The number of nitrogens with one attached hydrogen (secondary N) is 2. The Labute approximate surface area is 149 Å². The predicted molar refractivity (Wildman–Crippen MR) is 93.5 cm³/mol. The molecule has 2 aliphatic rings. The minimum atomic E-state index is -0.820. The van der Waals surface area contributed by atoms with Crippen LogP contribution >= 0.6 is 15.9 Å². The van der Waals surface area contributed by atoms with Gasteiger partial charge in [0.25, 0.3) is 5.91 Å². The van der Waals surface area contributed by atoms with Gasteiger partial charge in [-0.1, -0.05) is 28.8 Å². The summed E-state index contributed by atoms with van der Waals surface area (Å²) in [5, 5.41) is 5.33. The van der Waals surface area contributed by atoms with Gasteiger partial charge in [0, 0.05) is 28.3 Å². The summed E-state index contributed by atoms with van der Waals surface area (Å²) >= 11 is 3.39. The zero-order chi connectivity index (χ0) is 17.3. The fourth-order valence-corrected chi connectivity index (χ4v) is 3.77. The summed E-state index contributed by atoms with van der Waals surface area (Å²) in [5.74, 6) is -1.64. The van der Waals surface area contributed by atoms with Gasteiger partial charge in [0.2, 0.25) is 0 Å². The quantitative estimate of drug-likeness (QED) is 0.771. The molecular weight excluding hydrogens is 374 g/mol. The second-order valence-electron chi connectivity index (χ2n) is 6.15. The minimum absolute atomic E-state index is 0.0658. The Kier molecular flexibility index (Phi) is 4.89. The molecule has 1 aromatic carbocycles. The molecule has 2 N–H and O–H groups in total. The van der Waals surface area contributed by atoms with Crippen LogP contribution in [0.15, 0.2) is 22.7 Å². The molecule has 1 atom stereocenters. The third-order valence-corrected chi connectivity index (χ3v) is 5.09. The molecule has 0 radical (unpaired) electrons. The molecule has 1 heterocycles. The molecule has 0 bridgehead atoms. The fraction of sp³-hybridized carbons (Fsp3) is 0.471. The number of rotatable bonds is 3. The Bertz CT molecular complexity index is 686. The van der Waals surface area contributed by atoms with E-state index in [1.165, 1.54) is 0 Å². The summed E-state index contributed by atoms with van der Waals surface area (Å²) in [6.07, 6.45) is 3.95. The first-order valence-corrected chi connectivity index (χ1v) is 9.02. The molecule has 1 aliphatic carbocycles. The van der Waals surface area contributed by atoms with E-state index in [0.717, 1.165) is 35.8 Å². The first-order chi connectivity index (χ1) is 11.5. The number of carbonyl (C=O) groups is 3. The number of anilines is 1. The van der Waals surface area contributed by atoms with Crippen molar-refractivity contribution >= 4 is 39.3 Å². The van der Waals surface area contributed by atoms with Crippen LogP contribution in [0.3, 0.4) is 0 Å². The maximum absolute atomic E-state index is 12.6. The van der Waals surface area contributed by atoms with Gasteiger partial charge in [0.1, 0.15) is 6.04 Å². The van der Waals surface area contributed by atoms with E-state index in [9.17, 15) is 14.4 Å². The van der Waals surface area contributed by atoms with E-state index < -0.39 is 17.9 Å². The van der Waals surface area contributed by atoms with Crippen LogP contribution in [-0.4, -0.2) is 30.3 Å². The molecule has 0 spiro atoms. The summed E-state index contributed by atoms with van der Waals surface area (Å²) in [6.45, 7) is 2.38. The topological polar surface area (TPSA) is 78.5 Å². The van der Waals surface area contributed by atoms with E-state index in [-0.39, 0.29) is 11.9 Å². The van der Waals surface area contributed by atoms with Crippen LogP contribution in [0.2, 0.25) is 0 Å². The zero-order valence-corrected chi connectivity index (χ0v) is 15.1. The smallest absolute Gasteiger partial charge is 0.310 e. The van der Waals surface area contributed by atoms with Gasteiger partial charge in [0.05, 0.1) is 0 Å². The number of carbonyl (C=O) groups excluding carboxylic acids is 3. The van der Waals surface area contributed by atoms with E-state index >= 15 is 0 Å². The Morgan fingerprint density at radius 1 is 1.21 bits per heavy atom. The van der Waals surface area contributed by atoms with Crippen molar-refractivity contribution in [2.45, 2.75) is 44.7 Å². The van der Waals surface area contributed by atoms with Crippen LogP contribution in [0, 0.1) is 0 Å². The normalized spacial score (nSPS) is 20.2. The van der Waals surface area contributed by atoms with Crippen molar-refractivity contribution in [3.05, 3.63) is 28.2 Å². The van der Waals surface area contributed by atoms with E-state index in [2.05, 4.69) is 26.6 Å². The third-order valence-electron chi connectivity index (χ3n) is 4.59. The summed E-state index contributed by atoms with van der Waals surface area (Å²) in [5.41, 5.74) is 1.48. The first kappa shape index (κ1) is 17.0. The van der Waals surface area contributed by atoms with Gasteiger partial charge in [-0.15, -0.1) is 0 Å². The highest BCUT2D eigenvalue weighted by Crippen LogP contribution is 2.37. The van der Waals surface area contributed by atoms with Crippen molar-refractivity contribution in [2.24, 2.45) is 0 Å². The Hall–Kier alpha value is -1.89. The molecule has 0 aromatic heterocycles. The molecule has 128 valence electrons. The SMILES string of the molecule is CCN1C(=O)[C@H](NC(=O)C(=O)NC2CCCC2)c2cc(Br)ccc21. The summed E-state index contributed by atoms with van der Waals surface area (Å²) in [7, 11) is 0. The second kappa shape index (κ2) is 6.93. The van der Waals surface area contributed by atoms with Gasteiger partial charge >= 0.3 is 11.8 Å². The lowest BCUT2D eigenvalue weighted by Gasteiger charge is -2.16. The number of likely N-dealkylation sites (N-methyl/N-ethyl adjacent to an activating group) is 1. The molecule has 3 rings (SSSR count). The van der Waals surface area contributed by atoms with Crippen molar-refractivity contribution in [1.29, 1.82) is 0 Å². The number of amides is 3. The van der Waals surface area contributed by atoms with E-state index in [1.807, 2.05) is 25.1 Å². The van der Waals surface area contributed by atoms with Crippen LogP contribution in [0.5, 0.6) is 0 Å². The maximum Gasteiger partial charge on any atom is 0.310 e. The van der Waals surface area contributed by atoms with Crippen molar-refractivity contribution in [2.75, 3.05) is 11.4 Å². The van der Waals surface area contributed by atoms with Crippen molar-refractivity contribution in [3.8, 4) is 0 Å². The molecule has 1 fully saturated rings. The first-order valence-electron chi connectivity index (χ1n) is 8.23. The second-order valence-corrected chi connectivity index (χ2v) is 7.06. The Morgan fingerprint density at radius 3 is 2.54 bits per heavy atom. The Morgan fingerprint density at radius 2 is 1.88 bits per heavy atom. The van der Waals surface area contributed by atoms with Gasteiger partial charge in [-0.2, -0.15) is 0 Å². The highest BCUT2D eigenvalue weighted by molar-refractivity contribution is 9.10. The van der Waals surface area contributed by atoms with Crippen LogP contribution in [0.25, 0.3) is 0 Å². The highest BCUT2D eigenvalue weighted by Gasteiger charge is 2.38. The highest BCUT2D eigenvalue weighted by atomic mass is 79.9. The largest absolute Gasteiger partial charge is 0.345 e. The van der Waals surface area contributed by atoms with Crippen LogP contribution in [0.1, 0.15) is 44.2 Å². The molecule has 24 heavy (non-hydrogen) atoms. The van der Waals surface area contributed by atoms with E-state index in [0.29, 0.717) is 12.1 Å². The predicted octanol–water partition coefficient (Wildman–Crippen LogP) is 2.03. The van der Waals surface area contributed by atoms with Crippen molar-refractivity contribution < 1.29 is 14.4 Å². The van der Waals surface area contributed by atoms with E-state index in [4.69, 9.17) is 0 Å². The van der Waals surface area contributed by atoms with Crippen molar-refractivity contribution in [3.63, 3.8) is 0 Å². The molecule has 7 heteroatoms. The van der Waals surface area contributed by atoms with E-state index in [1.54, 1.807) is 4.90 Å². The molecule has 6 nitrogen and oxygen atoms in total. The van der Waals surface area contributed by atoms with Gasteiger partial charge < -0.3 is 15.5 Å². The Balaban J connectivity index is 1.74. The third kappa shape index (κ3) is 3.17. The minimum Gasteiger partial charge on any atom is -0.345 e. The average Bonchev–Trinajstić information content (AvgIpc) is 3.14. The van der Waals surface area contributed by atoms with Crippen molar-refractivity contribution in [1.82, 2.24) is 10.6 Å². The van der Waals surface area contributed by atoms with Gasteiger partial charge in [-0.3, -0.25) is 14.4 Å². The molecule has 1 saturated carbocycles. The lowest BCUT2D eigenvalue weighted by atomic mass is 10.1. The van der Waals surface area contributed by atoms with Crippen LogP contribution in [0.4, 0.5) is 5.69 Å². The van der Waals surface area contributed by atoms with Crippen LogP contribution < -0.4 is 15.5 Å². The zero-order valence-electron chi connectivity index (χ0n) is 13.5. The lowest BCUT2D eigenvalue weighted by Crippen LogP contribution is -2.46. The molecule has 0 saturated heterocycles. The number of benzene rings is 1. The van der Waals surface area contributed by atoms with Gasteiger partial charge in [-0.05, 0) is 38.0 Å². The number of hydrogen-bond acceptors (Lipinski definition) is 3. The number of halogens is 1. The molecule has 1 aromatic rings. The number of hydrogen-bond donors (Lipinski definition) is 2. The monoisotopic (exact) mass is 393 g/mol. The molecule has 0 unspecified atom stereocenters. The average molecular weight is 394 g/mol. The number of nitrogens with zero attached hydrogens (tertiary/aromatic N) is 1. The summed E-state index contributed by atoms with van der Waals surface area (Å²) < 4.78 is 0.821. The fourth-order valence-electron chi connectivity index (χ4n) is 3.39. The summed E-state index contributed by atoms with van der Waals surface area (Å²) in [4.78, 5) is 38.5. The van der Waals surface area contributed by atoms with Crippen LogP contribution in [-0.2, 0) is 14.4 Å². The summed E-state index contributed by atoms with van der Waals surface area (Å²) in [6, 6.07) is 4.75. The standard InChI is InChI=1S/C17H20BrN3O3/c1-2-21-13-8-7-10(18)9-12(13)14(17(21)24)20-16(23)15(22)19-11-5-3-4-6-11/h7-9,11,14H,2-6H2,1H3,(H,19,22)(H,20,23)/t14-/m1/s1. The molecular formula is C17H20BrN3O3. The molecule has 3 amide bonds. The lowest BCUT2D eigenvalue weighted by molar-refractivity contribution is -0.140. The van der Waals surface area contributed by atoms with Gasteiger partial charge in [-0.25, -0.2) is 0 Å².